The number of sulfonamides is 1. The summed E-state index contributed by atoms with van der Waals surface area (Å²) in [6.45, 7) is 1.85. The van der Waals surface area contributed by atoms with Crippen LogP contribution >= 0.6 is 0 Å². The van der Waals surface area contributed by atoms with Crippen molar-refractivity contribution in [3.8, 4) is 0 Å². The predicted molar refractivity (Wildman–Crippen MR) is 79.9 cm³/mol. The van der Waals surface area contributed by atoms with Gasteiger partial charge in [-0.2, -0.15) is 0 Å². The number of hydrogen-bond donors (Lipinski definition) is 2. The molecule has 0 unspecified atom stereocenters. The minimum atomic E-state index is -3.91. The maximum atomic E-state index is 12.1. The number of nitrogens with two attached hydrogens (primary N) is 1. The van der Waals surface area contributed by atoms with Crippen LogP contribution in [-0.4, -0.2) is 14.3 Å². The van der Waals surface area contributed by atoms with Gasteiger partial charge in [-0.25, -0.2) is 13.1 Å². The van der Waals surface area contributed by atoms with Crippen molar-refractivity contribution in [1.82, 2.24) is 4.72 Å². The van der Waals surface area contributed by atoms with E-state index in [0.29, 0.717) is 5.56 Å². The highest BCUT2D eigenvalue weighted by molar-refractivity contribution is 7.90. The molecule has 1 amide bonds. The van der Waals surface area contributed by atoms with Crippen LogP contribution in [0.15, 0.2) is 59.5 Å². The number of carbonyl (C=O) groups excluding carboxylic acids is 1. The van der Waals surface area contributed by atoms with Gasteiger partial charge in [-0.15, -0.1) is 0 Å². The number of carbonyl (C=O) groups is 1. The molecule has 6 heteroatoms. The van der Waals surface area contributed by atoms with Crippen LogP contribution in [0.5, 0.6) is 0 Å². The van der Waals surface area contributed by atoms with E-state index in [4.69, 9.17) is 5.73 Å². The second-order valence-corrected chi connectivity index (χ2v) is 6.35. The highest BCUT2D eigenvalue weighted by Crippen LogP contribution is 2.13. The van der Waals surface area contributed by atoms with E-state index in [-0.39, 0.29) is 4.90 Å². The van der Waals surface area contributed by atoms with E-state index >= 15 is 0 Å². The van der Waals surface area contributed by atoms with Crippen LogP contribution in [0.2, 0.25) is 0 Å². The van der Waals surface area contributed by atoms with Crippen molar-refractivity contribution in [2.24, 2.45) is 5.73 Å². The molecule has 2 rings (SSSR count). The van der Waals surface area contributed by atoms with Gasteiger partial charge in [0.15, 0.2) is 0 Å². The van der Waals surface area contributed by atoms with E-state index in [1.54, 1.807) is 42.5 Å². The Morgan fingerprint density at radius 1 is 1.05 bits per heavy atom. The minimum Gasteiger partial charge on any atom is -0.316 e. The Morgan fingerprint density at radius 2 is 1.62 bits per heavy atom. The van der Waals surface area contributed by atoms with Crippen LogP contribution in [0, 0.1) is 6.92 Å². The summed E-state index contributed by atoms with van der Waals surface area (Å²) in [6.07, 6.45) is 0. The standard InChI is InChI=1S/C15H16N2O3S/c1-11-7-9-13(10-8-11)21(19,20)17-15(18)14(16)12-5-3-2-4-6-12/h2-10,14H,16H2,1H3,(H,17,18)/t14-/m1/s1. The van der Waals surface area contributed by atoms with E-state index in [1.807, 2.05) is 11.6 Å². The molecule has 0 aliphatic heterocycles. The van der Waals surface area contributed by atoms with Crippen molar-refractivity contribution in [2.45, 2.75) is 17.9 Å². The molecule has 21 heavy (non-hydrogen) atoms. The quantitative estimate of drug-likeness (QED) is 0.896. The molecule has 2 aromatic rings. The van der Waals surface area contributed by atoms with Gasteiger partial charge >= 0.3 is 0 Å². The molecule has 5 nitrogen and oxygen atoms in total. The SMILES string of the molecule is Cc1ccc(S(=O)(=O)NC(=O)[C@H](N)c2ccccc2)cc1. The first kappa shape index (κ1) is 15.2. The van der Waals surface area contributed by atoms with Crippen LogP contribution < -0.4 is 10.5 Å². The molecule has 0 aromatic heterocycles. The lowest BCUT2D eigenvalue weighted by Gasteiger charge is -2.13. The van der Waals surface area contributed by atoms with E-state index in [2.05, 4.69) is 0 Å². The first-order valence-corrected chi connectivity index (χ1v) is 7.82. The van der Waals surface area contributed by atoms with E-state index in [9.17, 15) is 13.2 Å². The van der Waals surface area contributed by atoms with Gasteiger partial charge in [0.1, 0.15) is 6.04 Å². The molecule has 0 spiro atoms. The number of aryl methyl sites for hydroxylation is 1. The maximum Gasteiger partial charge on any atom is 0.264 e. The average Bonchev–Trinajstić information content (AvgIpc) is 2.47. The smallest absolute Gasteiger partial charge is 0.264 e. The fourth-order valence-corrected chi connectivity index (χ4v) is 2.79. The number of benzene rings is 2. The highest BCUT2D eigenvalue weighted by atomic mass is 32.2. The molecule has 0 aliphatic rings. The lowest BCUT2D eigenvalue weighted by Crippen LogP contribution is -2.38. The largest absolute Gasteiger partial charge is 0.316 e. The lowest BCUT2D eigenvalue weighted by atomic mass is 10.1. The third kappa shape index (κ3) is 3.68. The molecular weight excluding hydrogens is 288 g/mol. The molecule has 0 saturated heterocycles. The normalized spacial score (nSPS) is 12.7. The number of nitrogens with one attached hydrogen (secondary N) is 1. The van der Waals surface area contributed by atoms with Crippen molar-refractivity contribution in [3.05, 3.63) is 65.7 Å². The first-order valence-electron chi connectivity index (χ1n) is 6.34. The maximum absolute atomic E-state index is 12.1. The molecule has 2 aromatic carbocycles. The van der Waals surface area contributed by atoms with Crippen molar-refractivity contribution < 1.29 is 13.2 Å². The van der Waals surface area contributed by atoms with E-state index in [0.717, 1.165) is 5.56 Å². The van der Waals surface area contributed by atoms with Crippen molar-refractivity contribution >= 4 is 15.9 Å². The van der Waals surface area contributed by atoms with Crippen LogP contribution in [-0.2, 0) is 14.8 Å². The van der Waals surface area contributed by atoms with Gasteiger partial charge in [-0.1, -0.05) is 48.0 Å². The second kappa shape index (κ2) is 6.07. The van der Waals surface area contributed by atoms with Gasteiger partial charge in [0.05, 0.1) is 4.90 Å². The topological polar surface area (TPSA) is 89.3 Å². The fraction of sp³-hybridized carbons (Fsp3) is 0.133. The van der Waals surface area contributed by atoms with Crippen LogP contribution in [0.1, 0.15) is 17.2 Å². The monoisotopic (exact) mass is 304 g/mol. The van der Waals surface area contributed by atoms with Gasteiger partial charge in [0.2, 0.25) is 0 Å². The molecule has 0 saturated carbocycles. The zero-order valence-corrected chi connectivity index (χ0v) is 12.3. The van der Waals surface area contributed by atoms with Crippen molar-refractivity contribution in [1.29, 1.82) is 0 Å². The summed E-state index contributed by atoms with van der Waals surface area (Å²) in [5.41, 5.74) is 7.25. The lowest BCUT2D eigenvalue weighted by molar-refractivity contribution is -0.120. The Morgan fingerprint density at radius 3 is 2.19 bits per heavy atom. The molecule has 0 radical (unpaired) electrons. The van der Waals surface area contributed by atoms with Crippen LogP contribution in [0.4, 0.5) is 0 Å². The van der Waals surface area contributed by atoms with Gasteiger partial charge in [-0.05, 0) is 24.6 Å². The average molecular weight is 304 g/mol. The third-order valence-corrected chi connectivity index (χ3v) is 4.37. The Bertz CT molecular complexity index is 725. The summed E-state index contributed by atoms with van der Waals surface area (Å²) >= 11 is 0. The minimum absolute atomic E-state index is 0.0294. The van der Waals surface area contributed by atoms with E-state index < -0.39 is 22.0 Å². The molecule has 0 aliphatic carbocycles. The fourth-order valence-electron chi connectivity index (χ4n) is 1.78. The Hall–Kier alpha value is -2.18. The molecule has 110 valence electrons. The highest BCUT2D eigenvalue weighted by Gasteiger charge is 2.22. The van der Waals surface area contributed by atoms with Gasteiger partial charge < -0.3 is 5.73 Å². The Labute approximate surface area is 123 Å². The zero-order valence-electron chi connectivity index (χ0n) is 11.5. The van der Waals surface area contributed by atoms with Gasteiger partial charge in [0.25, 0.3) is 15.9 Å². The summed E-state index contributed by atoms with van der Waals surface area (Å²) in [5, 5.41) is 0. The van der Waals surface area contributed by atoms with Gasteiger partial charge in [-0.3, -0.25) is 4.79 Å². The van der Waals surface area contributed by atoms with Crippen molar-refractivity contribution in [2.75, 3.05) is 0 Å². The van der Waals surface area contributed by atoms with Crippen LogP contribution in [0.3, 0.4) is 0 Å². The first-order chi connectivity index (χ1) is 9.90. The van der Waals surface area contributed by atoms with Crippen LogP contribution in [0.25, 0.3) is 0 Å². The van der Waals surface area contributed by atoms with Crippen molar-refractivity contribution in [3.63, 3.8) is 0 Å². The summed E-state index contributed by atoms with van der Waals surface area (Å²) < 4.78 is 26.2. The zero-order chi connectivity index (χ0) is 15.5. The third-order valence-electron chi connectivity index (χ3n) is 3.01. The molecule has 0 fully saturated rings. The second-order valence-electron chi connectivity index (χ2n) is 4.67. The summed E-state index contributed by atoms with van der Waals surface area (Å²) in [5.74, 6) is -0.762. The number of amides is 1. The number of hydrogen-bond acceptors (Lipinski definition) is 4. The number of rotatable bonds is 4. The van der Waals surface area contributed by atoms with E-state index in [1.165, 1.54) is 12.1 Å². The molecule has 0 bridgehead atoms. The molecule has 1 atom stereocenters. The van der Waals surface area contributed by atoms with Gasteiger partial charge in [0, 0.05) is 0 Å². The summed E-state index contributed by atoms with van der Waals surface area (Å²) in [6, 6.07) is 13.8. The Balaban J connectivity index is 2.17. The Kier molecular flexibility index (Phi) is 4.40. The predicted octanol–water partition coefficient (Wildman–Crippen LogP) is 1.50. The summed E-state index contributed by atoms with van der Waals surface area (Å²) in [4.78, 5) is 12.0. The molecule has 0 heterocycles. The molecule has 3 N–H and O–H groups in total. The molecular formula is C15H16N2O3S. The summed E-state index contributed by atoms with van der Waals surface area (Å²) in [7, 11) is -3.91.